The van der Waals surface area contributed by atoms with Gasteiger partial charge in [-0.25, -0.2) is 4.79 Å². The molecule has 2 saturated heterocycles. The lowest BCUT2D eigenvalue weighted by atomic mass is 9.98. The van der Waals surface area contributed by atoms with Gasteiger partial charge in [-0.1, -0.05) is 0 Å². The summed E-state index contributed by atoms with van der Waals surface area (Å²) in [6.45, 7) is 5.85. The van der Waals surface area contributed by atoms with Crippen molar-refractivity contribution in [1.29, 1.82) is 0 Å². The number of carbonyl (C=O) groups is 2. The van der Waals surface area contributed by atoms with E-state index >= 15 is 0 Å². The molecule has 2 aliphatic rings. The summed E-state index contributed by atoms with van der Waals surface area (Å²) in [6, 6.07) is 6.55. The van der Waals surface area contributed by atoms with Gasteiger partial charge in [-0.2, -0.15) is 0 Å². The molecular weight excluding hydrogens is 304 g/mol. The number of carbonyl (C=O) groups excluding carboxylic acids is 2. The van der Waals surface area contributed by atoms with Gasteiger partial charge in [-0.3, -0.25) is 9.69 Å². The van der Waals surface area contributed by atoms with E-state index in [2.05, 4.69) is 15.9 Å². The van der Waals surface area contributed by atoms with E-state index in [4.69, 9.17) is 4.74 Å². The molecule has 2 aliphatic heterocycles. The molecule has 0 radical (unpaired) electrons. The molecule has 1 aromatic carbocycles. The smallest absolute Gasteiger partial charge is 0.338 e. The minimum Gasteiger partial charge on any atom is -0.465 e. The molecule has 1 aromatic rings. The molecule has 0 amide bonds. The third-order valence-electron chi connectivity index (χ3n) is 5.32. The third-order valence-corrected chi connectivity index (χ3v) is 5.32. The zero-order chi connectivity index (χ0) is 17.1. The van der Waals surface area contributed by atoms with Crippen molar-refractivity contribution < 1.29 is 14.3 Å². The molecular formula is C19H26N2O3. The number of hydrogen-bond donors (Lipinski definition) is 0. The molecule has 3 rings (SSSR count). The molecule has 24 heavy (non-hydrogen) atoms. The van der Waals surface area contributed by atoms with Crippen molar-refractivity contribution in [2.24, 2.45) is 0 Å². The van der Waals surface area contributed by atoms with Gasteiger partial charge in [-0.15, -0.1) is 0 Å². The second-order valence-electron chi connectivity index (χ2n) is 6.78. The lowest BCUT2D eigenvalue weighted by Crippen LogP contribution is -2.47. The Morgan fingerprint density at radius 3 is 2.38 bits per heavy atom. The number of rotatable bonds is 3. The van der Waals surface area contributed by atoms with Crippen molar-refractivity contribution in [3.8, 4) is 0 Å². The van der Waals surface area contributed by atoms with Crippen molar-refractivity contribution in [3.05, 3.63) is 29.3 Å². The number of methoxy groups -OCH3 is 1. The summed E-state index contributed by atoms with van der Waals surface area (Å²) in [4.78, 5) is 28.0. The highest BCUT2D eigenvalue weighted by Gasteiger charge is 2.27. The zero-order valence-electron chi connectivity index (χ0n) is 14.6. The number of benzene rings is 1. The van der Waals surface area contributed by atoms with Gasteiger partial charge >= 0.3 is 5.97 Å². The van der Waals surface area contributed by atoms with E-state index < -0.39 is 0 Å². The minimum atomic E-state index is -0.280. The number of ether oxygens (including phenoxy) is 1. The number of likely N-dealkylation sites (tertiary alicyclic amines) is 1. The van der Waals surface area contributed by atoms with E-state index in [0.717, 1.165) is 44.6 Å². The molecule has 130 valence electrons. The van der Waals surface area contributed by atoms with Crippen LogP contribution in [0.15, 0.2) is 18.2 Å². The predicted octanol–water partition coefficient (Wildman–Crippen LogP) is 2.42. The number of esters is 1. The highest BCUT2D eigenvalue weighted by atomic mass is 16.5. The maximum absolute atomic E-state index is 11.7. The molecule has 0 atom stereocenters. The molecule has 0 aliphatic carbocycles. The van der Waals surface area contributed by atoms with Gasteiger partial charge in [0, 0.05) is 50.7 Å². The molecule has 5 heteroatoms. The molecule has 5 nitrogen and oxygen atoms in total. The number of Topliss-reactive ketones (excluding diaryl/α,β-unsaturated/α-hetero) is 1. The van der Waals surface area contributed by atoms with Crippen molar-refractivity contribution in [1.82, 2.24) is 4.90 Å². The van der Waals surface area contributed by atoms with Crippen molar-refractivity contribution in [3.63, 3.8) is 0 Å². The van der Waals surface area contributed by atoms with Crippen LogP contribution in [0.5, 0.6) is 0 Å². The van der Waals surface area contributed by atoms with Crippen LogP contribution in [-0.2, 0) is 9.53 Å². The van der Waals surface area contributed by atoms with Crippen molar-refractivity contribution in [2.75, 3.05) is 38.2 Å². The lowest BCUT2D eigenvalue weighted by molar-refractivity contribution is -0.122. The van der Waals surface area contributed by atoms with E-state index in [1.807, 2.05) is 19.1 Å². The maximum Gasteiger partial charge on any atom is 0.338 e. The average Bonchev–Trinajstić information content (AvgIpc) is 2.62. The summed E-state index contributed by atoms with van der Waals surface area (Å²) in [6.07, 6.45) is 3.70. The first-order chi connectivity index (χ1) is 11.6. The fraction of sp³-hybridized carbons (Fsp3) is 0.579. The molecule has 2 fully saturated rings. The summed E-state index contributed by atoms with van der Waals surface area (Å²) in [5.74, 6) is 0.127. The summed E-state index contributed by atoms with van der Waals surface area (Å²) < 4.78 is 4.81. The number of piperidine rings is 2. The molecule has 0 unspecified atom stereocenters. The molecule has 0 bridgehead atoms. The van der Waals surface area contributed by atoms with E-state index in [9.17, 15) is 9.59 Å². The molecule has 0 aromatic heterocycles. The Kier molecular flexibility index (Phi) is 5.19. The van der Waals surface area contributed by atoms with Crippen LogP contribution in [0, 0.1) is 6.92 Å². The summed E-state index contributed by atoms with van der Waals surface area (Å²) in [5.41, 5.74) is 2.76. The van der Waals surface area contributed by atoms with Crippen molar-refractivity contribution in [2.45, 2.75) is 38.6 Å². The van der Waals surface area contributed by atoms with Gasteiger partial charge in [-0.05, 0) is 43.5 Å². The minimum absolute atomic E-state index is 0.280. The van der Waals surface area contributed by atoms with E-state index in [0.29, 0.717) is 30.2 Å². The fourth-order valence-corrected chi connectivity index (χ4v) is 3.81. The molecule has 0 spiro atoms. The van der Waals surface area contributed by atoms with Crippen LogP contribution in [0.2, 0.25) is 0 Å². The van der Waals surface area contributed by atoms with Gasteiger partial charge in [0.15, 0.2) is 0 Å². The zero-order valence-corrected chi connectivity index (χ0v) is 14.6. The van der Waals surface area contributed by atoms with Crippen LogP contribution in [0.25, 0.3) is 0 Å². The third kappa shape index (κ3) is 3.61. The highest BCUT2D eigenvalue weighted by Crippen LogP contribution is 2.26. The number of hydrogen-bond acceptors (Lipinski definition) is 5. The average molecular weight is 330 g/mol. The SMILES string of the molecule is COC(=O)c1ccc(N2CCC(N3CCC(=O)CC3)CC2)cc1C. The summed E-state index contributed by atoms with van der Waals surface area (Å²) >= 11 is 0. The largest absolute Gasteiger partial charge is 0.465 e. The topological polar surface area (TPSA) is 49.9 Å². The maximum atomic E-state index is 11.7. The Morgan fingerprint density at radius 2 is 1.79 bits per heavy atom. The van der Waals surface area contributed by atoms with Crippen LogP contribution in [0.4, 0.5) is 5.69 Å². The normalized spacial score (nSPS) is 20.2. The fourth-order valence-electron chi connectivity index (χ4n) is 3.81. The van der Waals surface area contributed by atoms with Gasteiger partial charge in [0.05, 0.1) is 12.7 Å². The Balaban J connectivity index is 1.59. The lowest BCUT2D eigenvalue weighted by Gasteiger charge is -2.40. The number of aryl methyl sites for hydroxylation is 1. The quantitative estimate of drug-likeness (QED) is 0.797. The highest BCUT2D eigenvalue weighted by molar-refractivity contribution is 5.91. The van der Waals surface area contributed by atoms with Crippen LogP contribution in [0.3, 0.4) is 0 Å². The monoisotopic (exact) mass is 330 g/mol. The van der Waals surface area contributed by atoms with Crippen molar-refractivity contribution >= 4 is 17.4 Å². The summed E-state index contributed by atoms with van der Waals surface area (Å²) in [7, 11) is 1.41. The molecule has 0 saturated carbocycles. The van der Waals surface area contributed by atoms with Gasteiger partial charge in [0.1, 0.15) is 5.78 Å². The van der Waals surface area contributed by atoms with E-state index in [1.54, 1.807) is 0 Å². The molecule has 0 N–H and O–H groups in total. The second kappa shape index (κ2) is 7.34. The first-order valence-corrected chi connectivity index (χ1v) is 8.78. The number of ketones is 1. The van der Waals surface area contributed by atoms with E-state index in [1.165, 1.54) is 12.8 Å². The first kappa shape index (κ1) is 17.0. The van der Waals surface area contributed by atoms with E-state index in [-0.39, 0.29) is 5.97 Å². The van der Waals surface area contributed by atoms with Gasteiger partial charge < -0.3 is 9.64 Å². The summed E-state index contributed by atoms with van der Waals surface area (Å²) in [5, 5.41) is 0. The Bertz CT molecular complexity index is 611. The Morgan fingerprint density at radius 1 is 1.12 bits per heavy atom. The number of nitrogens with zero attached hydrogens (tertiary/aromatic N) is 2. The van der Waals surface area contributed by atoms with Gasteiger partial charge in [0.25, 0.3) is 0 Å². The Labute approximate surface area is 143 Å². The second-order valence-corrected chi connectivity index (χ2v) is 6.78. The van der Waals surface area contributed by atoms with Gasteiger partial charge in [0.2, 0.25) is 0 Å². The van der Waals surface area contributed by atoms with Crippen LogP contribution in [-0.4, -0.2) is 56.0 Å². The molecule has 2 heterocycles. The first-order valence-electron chi connectivity index (χ1n) is 8.78. The predicted molar refractivity (Wildman–Crippen MR) is 93.6 cm³/mol. The Hall–Kier alpha value is -1.88. The van der Waals surface area contributed by atoms with Crippen LogP contribution < -0.4 is 4.90 Å². The number of anilines is 1. The van der Waals surface area contributed by atoms with Crippen LogP contribution in [0.1, 0.15) is 41.6 Å². The van der Waals surface area contributed by atoms with Crippen LogP contribution >= 0.6 is 0 Å². The standard InChI is InChI=1S/C19H26N2O3/c1-14-13-16(3-4-18(14)19(23)24-2)21-9-5-15(6-10-21)20-11-7-17(22)8-12-20/h3-4,13,15H,5-12H2,1-2H3.